The third-order valence-corrected chi connectivity index (χ3v) is 6.50. The summed E-state index contributed by atoms with van der Waals surface area (Å²) in [5.74, 6) is 1.43. The van der Waals surface area contributed by atoms with Crippen molar-refractivity contribution in [1.29, 1.82) is 0 Å². The number of rotatable bonds is 4. The van der Waals surface area contributed by atoms with Crippen LogP contribution in [0.5, 0.6) is 0 Å². The highest BCUT2D eigenvalue weighted by Crippen LogP contribution is 2.45. The van der Waals surface area contributed by atoms with Gasteiger partial charge in [0.05, 0.1) is 0 Å². The monoisotopic (exact) mass is 359 g/mol. The minimum Gasteiger partial charge on any atom is -0.317 e. The third-order valence-electron chi connectivity index (χ3n) is 3.81. The van der Waals surface area contributed by atoms with Gasteiger partial charge in [-0.1, -0.05) is 0 Å². The maximum absolute atomic E-state index is 12.5. The van der Waals surface area contributed by atoms with Crippen LogP contribution in [-0.4, -0.2) is 19.3 Å². The first-order chi connectivity index (χ1) is 9.20. The molecule has 0 aromatic carbocycles. The van der Waals surface area contributed by atoms with Crippen LogP contribution < -0.4 is 5.56 Å². The summed E-state index contributed by atoms with van der Waals surface area (Å²) in [7, 11) is 0.848. The number of hydrogen-bond donors (Lipinski definition) is 0. The molecule has 2 atom stereocenters. The van der Waals surface area contributed by atoms with E-state index in [1.807, 2.05) is 27.0 Å². The Morgan fingerprint density at radius 1 is 1.45 bits per heavy atom. The number of nitrogens with zero attached hydrogens (tertiary/aromatic N) is 1. The summed E-state index contributed by atoms with van der Waals surface area (Å²) >= 11 is 3.56. The zero-order chi connectivity index (χ0) is 15.1. The van der Waals surface area contributed by atoms with E-state index >= 15 is 0 Å². The van der Waals surface area contributed by atoms with Crippen molar-refractivity contribution in [3.8, 4) is 0 Å². The molecule has 1 fully saturated rings. The Bertz CT molecular complexity index is 585. The molecule has 112 valence electrons. The lowest BCUT2D eigenvalue weighted by Crippen LogP contribution is -2.28. The molecule has 0 amide bonds. The summed E-state index contributed by atoms with van der Waals surface area (Å²) < 4.78 is 14.8. The van der Waals surface area contributed by atoms with Gasteiger partial charge in [-0.15, -0.1) is 0 Å². The van der Waals surface area contributed by atoms with Gasteiger partial charge in [-0.05, 0) is 66.9 Å². The topological polar surface area (TPSA) is 39.1 Å². The molecule has 1 aromatic heterocycles. The summed E-state index contributed by atoms with van der Waals surface area (Å²) in [6.45, 7) is 6.02. The molecule has 3 nitrogen and oxygen atoms in total. The molecule has 1 saturated carbocycles. The molecule has 0 bridgehead atoms. The van der Waals surface area contributed by atoms with Gasteiger partial charge in [0.1, 0.15) is 0 Å². The van der Waals surface area contributed by atoms with Gasteiger partial charge in [-0.25, -0.2) is 0 Å². The van der Waals surface area contributed by atoms with Gasteiger partial charge in [0.15, 0.2) is 0 Å². The summed E-state index contributed by atoms with van der Waals surface area (Å²) in [4.78, 5) is 11.9. The van der Waals surface area contributed by atoms with Crippen LogP contribution in [0.2, 0.25) is 0 Å². The zero-order valence-electron chi connectivity index (χ0n) is 12.5. The van der Waals surface area contributed by atoms with Crippen molar-refractivity contribution >= 4 is 26.7 Å². The van der Waals surface area contributed by atoms with Crippen molar-refractivity contribution in [2.24, 2.45) is 13.0 Å². The molecule has 1 aliphatic carbocycles. The van der Waals surface area contributed by atoms with E-state index in [1.54, 1.807) is 17.7 Å². The fourth-order valence-electron chi connectivity index (χ4n) is 2.29. The number of aromatic nitrogens is 1. The van der Waals surface area contributed by atoms with Crippen molar-refractivity contribution < 1.29 is 4.21 Å². The highest BCUT2D eigenvalue weighted by atomic mass is 79.9. The Balaban J connectivity index is 2.33. The van der Waals surface area contributed by atoms with E-state index in [0.717, 1.165) is 10.0 Å². The second kappa shape index (κ2) is 5.76. The summed E-state index contributed by atoms with van der Waals surface area (Å²) in [5, 5.41) is 0. The van der Waals surface area contributed by atoms with Gasteiger partial charge in [0.25, 0.3) is 5.56 Å². The number of halogens is 1. The zero-order valence-corrected chi connectivity index (χ0v) is 14.9. The van der Waals surface area contributed by atoms with E-state index in [-0.39, 0.29) is 16.2 Å². The van der Waals surface area contributed by atoms with E-state index in [4.69, 9.17) is 0 Å². The number of aryl methyl sites for hydroxylation is 1. The minimum atomic E-state index is -0.898. The Morgan fingerprint density at radius 3 is 2.55 bits per heavy atom. The SMILES string of the molecule is Cn1cc(Br)c([C@@H](C[S@@](=O)C(C)(C)C)C2CC2)cc1=O. The quantitative estimate of drug-likeness (QED) is 0.827. The van der Waals surface area contributed by atoms with E-state index < -0.39 is 10.8 Å². The predicted molar refractivity (Wildman–Crippen MR) is 87.6 cm³/mol. The van der Waals surface area contributed by atoms with Gasteiger partial charge in [-0.2, -0.15) is 0 Å². The van der Waals surface area contributed by atoms with Crippen molar-refractivity contribution in [1.82, 2.24) is 4.57 Å². The first kappa shape index (κ1) is 16.0. The smallest absolute Gasteiger partial charge is 0.250 e. The molecular formula is C15H22BrNO2S. The van der Waals surface area contributed by atoms with Crippen molar-refractivity contribution in [2.75, 3.05) is 5.75 Å². The lowest BCUT2D eigenvalue weighted by Gasteiger charge is -2.24. The first-order valence-electron chi connectivity index (χ1n) is 6.94. The second-order valence-electron chi connectivity index (χ2n) is 6.59. The van der Waals surface area contributed by atoms with Gasteiger partial charge in [0.2, 0.25) is 0 Å². The molecule has 20 heavy (non-hydrogen) atoms. The van der Waals surface area contributed by atoms with Crippen LogP contribution >= 0.6 is 15.9 Å². The highest BCUT2D eigenvalue weighted by molar-refractivity contribution is 9.10. The summed E-state index contributed by atoms with van der Waals surface area (Å²) in [5.41, 5.74) is 1.02. The Morgan fingerprint density at radius 2 is 2.05 bits per heavy atom. The Hall–Kier alpha value is -0.420. The minimum absolute atomic E-state index is 0.00427. The van der Waals surface area contributed by atoms with Crippen LogP contribution in [0.4, 0.5) is 0 Å². The van der Waals surface area contributed by atoms with Crippen LogP contribution in [0.25, 0.3) is 0 Å². The molecule has 0 radical (unpaired) electrons. The van der Waals surface area contributed by atoms with E-state index in [1.165, 1.54) is 12.8 Å². The largest absolute Gasteiger partial charge is 0.317 e. The summed E-state index contributed by atoms with van der Waals surface area (Å²) in [6, 6.07) is 1.70. The maximum atomic E-state index is 12.5. The molecule has 0 aliphatic heterocycles. The molecule has 2 rings (SSSR count). The van der Waals surface area contributed by atoms with Crippen LogP contribution in [0.1, 0.15) is 45.1 Å². The standard InChI is InChI=1S/C15H22BrNO2S/c1-15(2,3)20(19)9-12(10-5-6-10)11-7-14(18)17(4)8-13(11)16/h7-8,10,12H,5-6,9H2,1-4H3/t12-,20+/m0/s1. The molecule has 0 spiro atoms. The average Bonchev–Trinajstić information content (AvgIpc) is 3.13. The van der Waals surface area contributed by atoms with E-state index in [0.29, 0.717) is 11.7 Å². The highest BCUT2D eigenvalue weighted by Gasteiger charge is 2.36. The van der Waals surface area contributed by atoms with Crippen LogP contribution in [0, 0.1) is 5.92 Å². The van der Waals surface area contributed by atoms with E-state index in [9.17, 15) is 9.00 Å². The molecule has 0 unspecified atom stereocenters. The average molecular weight is 360 g/mol. The van der Waals surface area contributed by atoms with Crippen molar-refractivity contribution in [3.05, 3.63) is 32.7 Å². The lowest BCUT2D eigenvalue weighted by atomic mass is 9.97. The third kappa shape index (κ3) is 3.61. The van der Waals surface area contributed by atoms with Crippen molar-refractivity contribution in [3.63, 3.8) is 0 Å². The number of hydrogen-bond acceptors (Lipinski definition) is 2. The molecular weight excluding hydrogens is 338 g/mol. The van der Waals surface area contributed by atoms with Gasteiger partial charge >= 0.3 is 0 Å². The Labute approximate surface area is 131 Å². The predicted octanol–water partition coefficient (Wildman–Crippen LogP) is 3.19. The molecule has 1 heterocycles. The first-order valence-corrected chi connectivity index (χ1v) is 9.06. The molecule has 0 N–H and O–H groups in total. The molecule has 1 aliphatic rings. The fourth-order valence-corrected chi connectivity index (χ4v) is 4.28. The second-order valence-corrected chi connectivity index (χ2v) is 9.70. The molecule has 5 heteroatoms. The maximum Gasteiger partial charge on any atom is 0.250 e. The van der Waals surface area contributed by atoms with Gasteiger partial charge < -0.3 is 4.57 Å². The lowest BCUT2D eigenvalue weighted by molar-refractivity contribution is 0.615. The van der Waals surface area contributed by atoms with Crippen LogP contribution in [-0.2, 0) is 17.8 Å². The van der Waals surface area contributed by atoms with Gasteiger partial charge in [0, 0.05) is 45.1 Å². The Kier molecular flexibility index (Phi) is 4.59. The van der Waals surface area contributed by atoms with Crippen LogP contribution in [0.3, 0.4) is 0 Å². The fraction of sp³-hybridized carbons (Fsp3) is 0.667. The normalized spacial score (nSPS) is 18.9. The van der Waals surface area contributed by atoms with Crippen molar-refractivity contribution in [2.45, 2.75) is 44.3 Å². The number of pyridine rings is 1. The van der Waals surface area contributed by atoms with E-state index in [2.05, 4.69) is 15.9 Å². The molecule has 0 saturated heterocycles. The van der Waals surface area contributed by atoms with Crippen LogP contribution in [0.15, 0.2) is 21.5 Å². The summed E-state index contributed by atoms with van der Waals surface area (Å²) in [6.07, 6.45) is 4.16. The van der Waals surface area contributed by atoms with Gasteiger partial charge in [-0.3, -0.25) is 9.00 Å². The molecule has 1 aromatic rings.